The third-order valence-corrected chi connectivity index (χ3v) is 4.97. The van der Waals surface area contributed by atoms with Crippen LogP contribution >= 0.6 is 11.3 Å². The fourth-order valence-electron chi connectivity index (χ4n) is 2.74. The molecule has 1 aromatic carbocycles. The van der Waals surface area contributed by atoms with Crippen LogP contribution < -0.4 is 4.74 Å². The van der Waals surface area contributed by atoms with Crippen molar-refractivity contribution in [3.05, 3.63) is 35.3 Å². The molecular weight excluding hydrogens is 356 g/mol. The molecule has 0 spiro atoms. The minimum Gasteiger partial charge on any atom is -0.494 e. The molecule has 1 atom stereocenters. The maximum Gasteiger partial charge on any atom is 0.328 e. The Bertz CT molecular complexity index is 774. The summed E-state index contributed by atoms with van der Waals surface area (Å²) < 4.78 is 10.6. The topological polar surface area (TPSA) is 89.0 Å². The Balaban J connectivity index is 1.67. The van der Waals surface area contributed by atoms with Gasteiger partial charge in [-0.25, -0.2) is 9.78 Å². The molecule has 26 heavy (non-hydrogen) atoms. The van der Waals surface area contributed by atoms with Crippen molar-refractivity contribution >= 4 is 23.2 Å². The fourth-order valence-corrected chi connectivity index (χ4v) is 3.57. The highest BCUT2D eigenvalue weighted by Gasteiger charge is 2.32. The standard InChI is InChI=1S/C18H20N2O5S/c1-2-25-14-5-3-12(4-6-14)17-19-13(11-26-17)9-16(21)20-7-8-24-10-15(20)18(22)23/h3-6,11,15H,2,7-10H2,1H3,(H,22,23). The molecule has 0 radical (unpaired) electrons. The van der Waals surface area contributed by atoms with E-state index in [1.165, 1.54) is 16.2 Å². The molecule has 0 aliphatic carbocycles. The summed E-state index contributed by atoms with van der Waals surface area (Å²) in [5.74, 6) is -0.495. The first-order valence-electron chi connectivity index (χ1n) is 8.36. The van der Waals surface area contributed by atoms with Crippen molar-refractivity contribution in [2.75, 3.05) is 26.4 Å². The summed E-state index contributed by atoms with van der Waals surface area (Å²) in [6.07, 6.45) is 0.0807. The van der Waals surface area contributed by atoms with Crippen LogP contribution in [0.3, 0.4) is 0 Å². The molecule has 1 fully saturated rings. The summed E-state index contributed by atoms with van der Waals surface area (Å²) in [4.78, 5) is 29.7. The number of hydrogen-bond donors (Lipinski definition) is 1. The number of morpholine rings is 1. The maximum absolute atomic E-state index is 12.5. The number of carboxylic acids is 1. The number of carbonyl (C=O) groups is 2. The molecule has 1 aliphatic rings. The molecule has 1 N–H and O–H groups in total. The number of aliphatic carboxylic acids is 1. The number of benzene rings is 1. The minimum atomic E-state index is -1.05. The molecule has 1 unspecified atom stereocenters. The molecule has 0 saturated carbocycles. The highest BCUT2D eigenvalue weighted by molar-refractivity contribution is 7.13. The molecule has 2 aromatic rings. The third-order valence-electron chi connectivity index (χ3n) is 4.03. The molecule has 1 saturated heterocycles. The van der Waals surface area contributed by atoms with Gasteiger partial charge >= 0.3 is 5.97 Å². The van der Waals surface area contributed by atoms with Crippen molar-refractivity contribution in [2.45, 2.75) is 19.4 Å². The van der Waals surface area contributed by atoms with E-state index in [0.717, 1.165) is 16.3 Å². The molecule has 1 aromatic heterocycles. The molecule has 7 nitrogen and oxygen atoms in total. The van der Waals surface area contributed by atoms with E-state index in [4.69, 9.17) is 9.47 Å². The monoisotopic (exact) mass is 376 g/mol. The van der Waals surface area contributed by atoms with Gasteiger partial charge in [0.1, 0.15) is 10.8 Å². The van der Waals surface area contributed by atoms with Crippen LogP contribution in [-0.4, -0.2) is 59.3 Å². The van der Waals surface area contributed by atoms with E-state index < -0.39 is 12.0 Å². The second-order valence-electron chi connectivity index (χ2n) is 5.79. The van der Waals surface area contributed by atoms with Crippen LogP contribution in [0.1, 0.15) is 12.6 Å². The Hall–Kier alpha value is -2.45. The van der Waals surface area contributed by atoms with E-state index >= 15 is 0 Å². The Kier molecular flexibility index (Phi) is 5.85. The van der Waals surface area contributed by atoms with Crippen LogP contribution in [-0.2, 0) is 20.7 Å². The smallest absolute Gasteiger partial charge is 0.328 e. The maximum atomic E-state index is 12.5. The average Bonchev–Trinajstić information content (AvgIpc) is 3.11. The van der Waals surface area contributed by atoms with Gasteiger partial charge in [-0.05, 0) is 31.2 Å². The number of thiazole rings is 1. The van der Waals surface area contributed by atoms with Gasteiger partial charge in [0.25, 0.3) is 0 Å². The zero-order chi connectivity index (χ0) is 18.5. The Morgan fingerprint density at radius 2 is 2.15 bits per heavy atom. The van der Waals surface area contributed by atoms with Gasteiger partial charge in [0, 0.05) is 17.5 Å². The number of aromatic nitrogens is 1. The summed E-state index contributed by atoms with van der Waals surface area (Å²) >= 11 is 1.45. The van der Waals surface area contributed by atoms with Crippen LogP contribution in [0.5, 0.6) is 5.75 Å². The van der Waals surface area contributed by atoms with Crippen LogP contribution in [0, 0.1) is 0 Å². The SMILES string of the molecule is CCOc1ccc(-c2nc(CC(=O)N3CCOCC3C(=O)O)cs2)cc1. The largest absolute Gasteiger partial charge is 0.494 e. The van der Waals surface area contributed by atoms with Crippen molar-refractivity contribution in [1.29, 1.82) is 0 Å². The van der Waals surface area contributed by atoms with Crippen molar-refractivity contribution in [3.8, 4) is 16.3 Å². The van der Waals surface area contributed by atoms with Gasteiger partial charge < -0.3 is 19.5 Å². The van der Waals surface area contributed by atoms with Crippen molar-refractivity contribution < 1.29 is 24.2 Å². The van der Waals surface area contributed by atoms with Crippen LogP contribution in [0.4, 0.5) is 0 Å². The minimum absolute atomic E-state index is 0.0234. The van der Waals surface area contributed by atoms with E-state index in [0.29, 0.717) is 18.9 Å². The van der Waals surface area contributed by atoms with E-state index in [1.54, 1.807) is 0 Å². The lowest BCUT2D eigenvalue weighted by Gasteiger charge is -2.32. The van der Waals surface area contributed by atoms with Gasteiger partial charge in [0.05, 0.1) is 31.9 Å². The number of nitrogens with zero attached hydrogens (tertiary/aromatic N) is 2. The normalized spacial score (nSPS) is 17.1. The van der Waals surface area contributed by atoms with Crippen LogP contribution in [0.25, 0.3) is 10.6 Å². The molecule has 1 aliphatic heterocycles. The van der Waals surface area contributed by atoms with Gasteiger partial charge in [0.2, 0.25) is 5.91 Å². The molecule has 138 valence electrons. The molecular formula is C18H20N2O5S. The molecule has 2 heterocycles. The lowest BCUT2D eigenvalue weighted by Crippen LogP contribution is -2.53. The summed E-state index contributed by atoms with van der Waals surface area (Å²) in [6, 6.07) is 6.70. The first-order valence-corrected chi connectivity index (χ1v) is 9.24. The molecule has 0 bridgehead atoms. The zero-order valence-electron chi connectivity index (χ0n) is 14.4. The van der Waals surface area contributed by atoms with Crippen LogP contribution in [0.15, 0.2) is 29.6 Å². The fraction of sp³-hybridized carbons (Fsp3) is 0.389. The third kappa shape index (κ3) is 4.20. The average molecular weight is 376 g/mol. The Morgan fingerprint density at radius 1 is 1.38 bits per heavy atom. The number of carbonyl (C=O) groups excluding carboxylic acids is 1. The number of amides is 1. The number of ether oxygens (including phenoxy) is 2. The van der Waals surface area contributed by atoms with Gasteiger partial charge in [-0.15, -0.1) is 11.3 Å². The highest BCUT2D eigenvalue weighted by Crippen LogP contribution is 2.26. The predicted octanol–water partition coefficient (Wildman–Crippen LogP) is 2.06. The molecule has 8 heteroatoms. The van der Waals surface area contributed by atoms with Gasteiger partial charge in [-0.3, -0.25) is 4.79 Å². The van der Waals surface area contributed by atoms with Gasteiger partial charge in [0.15, 0.2) is 6.04 Å². The van der Waals surface area contributed by atoms with Crippen molar-refractivity contribution in [2.24, 2.45) is 0 Å². The van der Waals surface area contributed by atoms with Crippen molar-refractivity contribution in [1.82, 2.24) is 9.88 Å². The first kappa shape index (κ1) is 18.3. The number of hydrogen-bond acceptors (Lipinski definition) is 6. The quantitative estimate of drug-likeness (QED) is 0.830. The Labute approximate surface area is 155 Å². The van der Waals surface area contributed by atoms with E-state index in [-0.39, 0.29) is 25.5 Å². The lowest BCUT2D eigenvalue weighted by atomic mass is 10.2. The predicted molar refractivity (Wildman–Crippen MR) is 96.4 cm³/mol. The number of carboxylic acid groups (broad SMARTS) is 1. The lowest BCUT2D eigenvalue weighted by molar-refractivity contribution is -0.158. The summed E-state index contributed by atoms with van der Waals surface area (Å²) in [5, 5.41) is 11.9. The number of rotatable bonds is 6. The Morgan fingerprint density at radius 3 is 2.85 bits per heavy atom. The zero-order valence-corrected chi connectivity index (χ0v) is 15.2. The summed E-state index contributed by atoms with van der Waals surface area (Å²) in [5.41, 5.74) is 1.59. The van der Waals surface area contributed by atoms with Crippen LogP contribution in [0.2, 0.25) is 0 Å². The second-order valence-corrected chi connectivity index (χ2v) is 6.65. The van der Waals surface area contributed by atoms with Crippen molar-refractivity contribution in [3.63, 3.8) is 0 Å². The first-order chi connectivity index (χ1) is 12.6. The summed E-state index contributed by atoms with van der Waals surface area (Å²) in [7, 11) is 0. The highest BCUT2D eigenvalue weighted by atomic mass is 32.1. The van der Waals surface area contributed by atoms with E-state index in [9.17, 15) is 14.7 Å². The molecule has 3 rings (SSSR count). The second kappa shape index (κ2) is 8.29. The van der Waals surface area contributed by atoms with Gasteiger partial charge in [-0.1, -0.05) is 0 Å². The van der Waals surface area contributed by atoms with Gasteiger partial charge in [-0.2, -0.15) is 0 Å². The van der Waals surface area contributed by atoms with E-state index in [1.807, 2.05) is 36.6 Å². The molecule has 1 amide bonds. The summed E-state index contributed by atoms with van der Waals surface area (Å²) in [6.45, 7) is 3.20. The van der Waals surface area contributed by atoms with E-state index in [2.05, 4.69) is 4.98 Å².